The van der Waals surface area contributed by atoms with E-state index in [1.807, 2.05) is 6.92 Å². The fourth-order valence-electron chi connectivity index (χ4n) is 6.58. The van der Waals surface area contributed by atoms with Crippen LogP contribution in [-0.2, 0) is 24.3 Å². The summed E-state index contributed by atoms with van der Waals surface area (Å²) in [5.74, 6) is -0.578. The standard InChI is InChI=1S/C44H83N5O5S.ClH/c1-4-6-8-10-12-14-16-18-20-22-24-26-35-53-38-40(54-36-27-25-23-21-19-17-15-13-11-9-7-5-2)37-48-43(50)42(45)29-28-34-47-44(46)49-55(51,52)41-32-30-39(3)31-33-41;/h30-33,40,42H,4-29,34-38,45H2,1-3H3,(H,48,50)(H3,46,47,49);1H. The molecule has 0 fully saturated rings. The van der Waals surface area contributed by atoms with Crippen molar-refractivity contribution in [1.29, 1.82) is 5.41 Å². The molecule has 0 radical (unpaired) electrons. The Kier molecular flexibility index (Phi) is 36.1. The maximum atomic E-state index is 12.8. The molecule has 328 valence electrons. The molecule has 0 heterocycles. The molecule has 0 aliphatic rings. The Morgan fingerprint density at radius 2 is 1.12 bits per heavy atom. The quantitative estimate of drug-likeness (QED) is 0.0252. The number of nitrogens with one attached hydrogen (secondary N) is 4. The van der Waals surface area contributed by atoms with E-state index in [-0.39, 0.29) is 35.3 Å². The number of halogens is 1. The monoisotopic (exact) mass is 830 g/mol. The van der Waals surface area contributed by atoms with Gasteiger partial charge in [0.1, 0.15) is 0 Å². The summed E-state index contributed by atoms with van der Waals surface area (Å²) in [5.41, 5.74) is 7.14. The average molecular weight is 831 g/mol. The van der Waals surface area contributed by atoms with Crippen LogP contribution in [0.3, 0.4) is 0 Å². The van der Waals surface area contributed by atoms with Crippen LogP contribution in [0.2, 0.25) is 0 Å². The van der Waals surface area contributed by atoms with E-state index in [1.54, 1.807) is 12.1 Å². The zero-order valence-corrected chi connectivity index (χ0v) is 37.5. The molecule has 0 saturated carbocycles. The number of rotatable bonds is 38. The molecule has 0 aromatic heterocycles. The molecule has 1 aromatic carbocycles. The predicted molar refractivity (Wildman–Crippen MR) is 237 cm³/mol. The van der Waals surface area contributed by atoms with E-state index in [2.05, 4.69) is 29.2 Å². The molecule has 0 aliphatic carbocycles. The summed E-state index contributed by atoms with van der Waals surface area (Å²) in [6.45, 7) is 8.84. The molecule has 1 aromatic rings. The second-order valence-electron chi connectivity index (χ2n) is 15.6. The highest BCUT2D eigenvalue weighted by Gasteiger charge is 2.18. The van der Waals surface area contributed by atoms with E-state index in [0.29, 0.717) is 45.8 Å². The van der Waals surface area contributed by atoms with E-state index >= 15 is 0 Å². The average Bonchev–Trinajstić information content (AvgIpc) is 3.16. The van der Waals surface area contributed by atoms with Crippen molar-refractivity contribution in [1.82, 2.24) is 15.4 Å². The van der Waals surface area contributed by atoms with Gasteiger partial charge in [0.2, 0.25) is 11.9 Å². The van der Waals surface area contributed by atoms with Crippen molar-refractivity contribution in [2.24, 2.45) is 5.73 Å². The van der Waals surface area contributed by atoms with Crippen LogP contribution in [0.4, 0.5) is 0 Å². The zero-order chi connectivity index (χ0) is 40.2. The first-order chi connectivity index (χ1) is 26.7. The lowest BCUT2D eigenvalue weighted by atomic mass is 10.1. The molecule has 0 aliphatic heterocycles. The number of carbonyl (C=O) groups excluding carboxylic acids is 1. The van der Waals surface area contributed by atoms with Gasteiger partial charge in [-0.3, -0.25) is 10.2 Å². The van der Waals surface area contributed by atoms with Crippen LogP contribution in [0.1, 0.15) is 186 Å². The van der Waals surface area contributed by atoms with E-state index in [9.17, 15) is 13.2 Å². The van der Waals surface area contributed by atoms with Crippen LogP contribution in [0, 0.1) is 12.3 Å². The first-order valence-electron chi connectivity index (χ1n) is 22.3. The maximum Gasteiger partial charge on any atom is 0.264 e. The Morgan fingerprint density at radius 3 is 1.61 bits per heavy atom. The first-order valence-corrected chi connectivity index (χ1v) is 23.8. The second kappa shape index (κ2) is 37.4. The summed E-state index contributed by atoms with van der Waals surface area (Å²) in [6.07, 6.45) is 31.9. The fraction of sp³-hybridized carbons (Fsp3) is 0.818. The number of carbonyl (C=O) groups is 1. The van der Waals surface area contributed by atoms with Crippen molar-refractivity contribution in [2.45, 2.75) is 205 Å². The van der Waals surface area contributed by atoms with E-state index in [4.69, 9.17) is 20.6 Å². The molecule has 6 N–H and O–H groups in total. The van der Waals surface area contributed by atoms with Crippen molar-refractivity contribution in [3.63, 3.8) is 0 Å². The predicted octanol–water partition coefficient (Wildman–Crippen LogP) is 10.2. The van der Waals surface area contributed by atoms with Crippen LogP contribution >= 0.6 is 12.4 Å². The van der Waals surface area contributed by atoms with E-state index < -0.39 is 16.1 Å². The molecule has 2 atom stereocenters. The molecule has 12 heteroatoms. The van der Waals surface area contributed by atoms with Crippen LogP contribution in [0.15, 0.2) is 29.2 Å². The molecule has 1 rings (SSSR count). The Morgan fingerprint density at radius 1 is 0.679 bits per heavy atom. The van der Waals surface area contributed by atoms with Gasteiger partial charge in [-0.1, -0.05) is 173 Å². The first kappa shape index (κ1) is 54.1. The van der Waals surface area contributed by atoms with Gasteiger partial charge in [-0.25, -0.2) is 13.1 Å². The van der Waals surface area contributed by atoms with Gasteiger partial charge in [0.05, 0.1) is 23.6 Å². The molecule has 1 amide bonds. The Balaban J connectivity index is 0.0000302. The topological polar surface area (TPSA) is 156 Å². The van der Waals surface area contributed by atoms with Crippen molar-refractivity contribution in [3.8, 4) is 0 Å². The van der Waals surface area contributed by atoms with Gasteiger partial charge < -0.3 is 25.8 Å². The minimum absolute atomic E-state index is 0. The summed E-state index contributed by atoms with van der Waals surface area (Å²) in [4.78, 5) is 12.9. The highest BCUT2D eigenvalue weighted by Crippen LogP contribution is 2.14. The fourth-order valence-corrected chi connectivity index (χ4v) is 7.53. The number of amides is 1. The maximum absolute atomic E-state index is 12.8. The summed E-state index contributed by atoms with van der Waals surface area (Å²) < 4.78 is 39.5. The van der Waals surface area contributed by atoms with Gasteiger partial charge in [0.25, 0.3) is 10.0 Å². The zero-order valence-electron chi connectivity index (χ0n) is 35.8. The van der Waals surface area contributed by atoms with Crippen molar-refractivity contribution >= 4 is 34.3 Å². The Hall–Kier alpha value is -1.92. The summed E-state index contributed by atoms with van der Waals surface area (Å²) in [6, 6.07) is 5.70. The molecule has 0 saturated heterocycles. The third kappa shape index (κ3) is 31.1. The number of unbranched alkanes of at least 4 members (excludes halogenated alkanes) is 22. The van der Waals surface area contributed by atoms with Crippen LogP contribution in [-0.4, -0.2) is 65.3 Å². The van der Waals surface area contributed by atoms with Crippen LogP contribution in [0.5, 0.6) is 0 Å². The van der Waals surface area contributed by atoms with Crippen molar-refractivity contribution in [2.75, 3.05) is 32.9 Å². The number of sulfonamides is 1. The number of ether oxygens (including phenoxy) is 2. The minimum atomic E-state index is -3.85. The van der Waals surface area contributed by atoms with E-state index in [1.165, 1.54) is 147 Å². The van der Waals surface area contributed by atoms with E-state index in [0.717, 1.165) is 24.8 Å². The number of benzene rings is 1. The smallest absolute Gasteiger partial charge is 0.264 e. The highest BCUT2D eigenvalue weighted by atomic mass is 35.5. The summed E-state index contributed by atoms with van der Waals surface area (Å²) >= 11 is 0. The second-order valence-corrected chi connectivity index (χ2v) is 17.2. The largest absolute Gasteiger partial charge is 0.379 e. The molecule has 2 unspecified atom stereocenters. The summed E-state index contributed by atoms with van der Waals surface area (Å²) in [7, 11) is -3.85. The SMILES string of the molecule is CCCCCCCCCCCCCCOCC(CNC(=O)C(N)CCCNC(=N)NS(=O)(=O)c1ccc(C)cc1)OCCCCCCCCCCCCCC.Cl. The summed E-state index contributed by atoms with van der Waals surface area (Å²) in [5, 5.41) is 13.7. The molecular formula is C44H84ClN5O5S. The van der Waals surface area contributed by atoms with Gasteiger partial charge >= 0.3 is 0 Å². The number of aryl methyl sites for hydroxylation is 1. The normalized spacial score (nSPS) is 12.5. The molecule has 0 bridgehead atoms. The molecule has 0 spiro atoms. The van der Waals surface area contributed by atoms with Gasteiger partial charge in [0.15, 0.2) is 0 Å². The van der Waals surface area contributed by atoms with Gasteiger partial charge in [-0.15, -0.1) is 12.4 Å². The molecule has 10 nitrogen and oxygen atoms in total. The minimum Gasteiger partial charge on any atom is -0.379 e. The lowest BCUT2D eigenvalue weighted by Crippen LogP contribution is -2.45. The Bertz CT molecular complexity index is 1170. The number of hydrogen-bond donors (Lipinski definition) is 5. The lowest BCUT2D eigenvalue weighted by Gasteiger charge is -2.20. The van der Waals surface area contributed by atoms with Crippen molar-refractivity contribution in [3.05, 3.63) is 29.8 Å². The highest BCUT2D eigenvalue weighted by molar-refractivity contribution is 7.90. The van der Waals surface area contributed by atoms with Crippen molar-refractivity contribution < 1.29 is 22.7 Å². The molecule has 56 heavy (non-hydrogen) atoms. The number of hydrogen-bond acceptors (Lipinski definition) is 7. The third-order valence-corrected chi connectivity index (χ3v) is 11.6. The Labute approximate surface area is 349 Å². The van der Waals surface area contributed by atoms with Gasteiger partial charge in [-0.2, -0.15) is 0 Å². The van der Waals surface area contributed by atoms with Gasteiger partial charge in [-0.05, 0) is 44.7 Å². The molecular weight excluding hydrogens is 746 g/mol. The third-order valence-electron chi connectivity index (χ3n) is 10.2. The number of guanidine groups is 1. The van der Waals surface area contributed by atoms with Crippen LogP contribution < -0.4 is 21.1 Å². The lowest BCUT2D eigenvalue weighted by molar-refractivity contribution is -0.123. The van der Waals surface area contributed by atoms with Crippen LogP contribution in [0.25, 0.3) is 0 Å². The van der Waals surface area contributed by atoms with Gasteiger partial charge in [0, 0.05) is 26.3 Å². The number of nitrogens with two attached hydrogens (primary N) is 1.